The molecule has 28 heavy (non-hydrogen) atoms. The summed E-state index contributed by atoms with van der Waals surface area (Å²) in [7, 11) is 0. The summed E-state index contributed by atoms with van der Waals surface area (Å²) in [5, 5.41) is 3.00. The third kappa shape index (κ3) is 5.95. The predicted octanol–water partition coefficient (Wildman–Crippen LogP) is 4.18. The number of nitrogens with one attached hydrogen (secondary N) is 1. The highest BCUT2D eigenvalue weighted by Crippen LogP contribution is 2.15. The summed E-state index contributed by atoms with van der Waals surface area (Å²) in [6, 6.07) is 15.5. The van der Waals surface area contributed by atoms with E-state index in [1.807, 2.05) is 83.1 Å². The summed E-state index contributed by atoms with van der Waals surface area (Å²) in [5.74, 6) is -0.152. The summed E-state index contributed by atoms with van der Waals surface area (Å²) >= 11 is 0. The molecule has 0 unspecified atom stereocenters. The van der Waals surface area contributed by atoms with E-state index in [-0.39, 0.29) is 17.9 Å². The predicted molar refractivity (Wildman–Crippen MR) is 114 cm³/mol. The minimum atomic E-state index is -0.535. The molecule has 0 bridgehead atoms. The molecular weight excluding hydrogens is 348 g/mol. The van der Waals surface area contributed by atoms with Gasteiger partial charge in [-0.2, -0.15) is 0 Å². The summed E-state index contributed by atoms with van der Waals surface area (Å²) in [6.07, 6.45) is 1.15. The Hall–Kier alpha value is -2.62. The zero-order valence-electron chi connectivity index (χ0n) is 17.7. The van der Waals surface area contributed by atoms with Crippen LogP contribution in [0.15, 0.2) is 48.5 Å². The summed E-state index contributed by atoms with van der Waals surface area (Å²) in [4.78, 5) is 27.6. The van der Waals surface area contributed by atoms with Crippen LogP contribution in [0.25, 0.3) is 0 Å². The van der Waals surface area contributed by atoms with Crippen LogP contribution >= 0.6 is 0 Å². The first-order chi connectivity index (χ1) is 13.3. The second-order valence-corrected chi connectivity index (χ2v) is 7.60. The number of carbonyl (C=O) groups is 2. The largest absolute Gasteiger partial charge is 0.352 e. The number of amides is 2. The van der Waals surface area contributed by atoms with Gasteiger partial charge in [0.05, 0.1) is 6.42 Å². The van der Waals surface area contributed by atoms with Crippen molar-refractivity contribution in [3.05, 3.63) is 70.8 Å². The summed E-state index contributed by atoms with van der Waals surface area (Å²) < 4.78 is 0. The first-order valence-corrected chi connectivity index (χ1v) is 10.0. The molecule has 4 nitrogen and oxygen atoms in total. The molecule has 0 aromatic heterocycles. The zero-order valence-corrected chi connectivity index (χ0v) is 17.7. The van der Waals surface area contributed by atoms with E-state index in [0.29, 0.717) is 13.0 Å². The Balaban J connectivity index is 2.23. The van der Waals surface area contributed by atoms with E-state index in [4.69, 9.17) is 0 Å². The maximum absolute atomic E-state index is 13.2. The average molecular weight is 381 g/mol. The fraction of sp³-hybridized carbons (Fsp3) is 0.417. The van der Waals surface area contributed by atoms with Gasteiger partial charge in [-0.25, -0.2) is 0 Å². The molecule has 0 aliphatic rings. The molecular formula is C24H32N2O2. The van der Waals surface area contributed by atoms with Crippen molar-refractivity contribution in [2.75, 3.05) is 0 Å². The lowest BCUT2D eigenvalue weighted by atomic mass is 10.0. The number of carbonyl (C=O) groups excluding carboxylic acids is 2. The van der Waals surface area contributed by atoms with Crippen LogP contribution in [0, 0.1) is 13.8 Å². The first-order valence-electron chi connectivity index (χ1n) is 10.0. The molecule has 0 saturated carbocycles. The lowest BCUT2D eigenvalue weighted by Crippen LogP contribution is -2.49. The van der Waals surface area contributed by atoms with Gasteiger partial charge in [0.15, 0.2) is 0 Å². The van der Waals surface area contributed by atoms with Crippen molar-refractivity contribution in [1.29, 1.82) is 0 Å². The van der Waals surface area contributed by atoms with Crippen molar-refractivity contribution in [1.82, 2.24) is 10.2 Å². The number of benzene rings is 2. The van der Waals surface area contributed by atoms with Crippen molar-refractivity contribution in [3.8, 4) is 0 Å². The van der Waals surface area contributed by atoms with Gasteiger partial charge in [-0.1, -0.05) is 61.0 Å². The molecule has 2 aromatic carbocycles. The van der Waals surface area contributed by atoms with Crippen LogP contribution in [0.5, 0.6) is 0 Å². The van der Waals surface area contributed by atoms with Crippen LogP contribution in [0.2, 0.25) is 0 Å². The first kappa shape index (κ1) is 21.7. The third-order valence-electron chi connectivity index (χ3n) is 5.24. The number of nitrogens with zero attached hydrogens (tertiary/aromatic N) is 1. The molecule has 1 N–H and O–H groups in total. The fourth-order valence-corrected chi connectivity index (χ4v) is 3.01. The average Bonchev–Trinajstić information content (AvgIpc) is 2.68. The molecule has 0 aliphatic heterocycles. The van der Waals surface area contributed by atoms with Gasteiger partial charge in [0, 0.05) is 12.6 Å². The van der Waals surface area contributed by atoms with Gasteiger partial charge in [-0.05, 0) is 50.8 Å². The second-order valence-electron chi connectivity index (χ2n) is 7.60. The molecule has 0 spiro atoms. The highest BCUT2D eigenvalue weighted by atomic mass is 16.2. The van der Waals surface area contributed by atoms with Gasteiger partial charge in [0.25, 0.3) is 0 Å². The number of rotatable bonds is 8. The molecule has 2 atom stereocenters. The van der Waals surface area contributed by atoms with Crippen LogP contribution < -0.4 is 5.32 Å². The molecule has 0 radical (unpaired) electrons. The highest BCUT2D eigenvalue weighted by molar-refractivity contribution is 5.88. The monoisotopic (exact) mass is 380 g/mol. The van der Waals surface area contributed by atoms with Crippen LogP contribution in [0.3, 0.4) is 0 Å². The minimum Gasteiger partial charge on any atom is -0.352 e. The molecule has 0 heterocycles. The Kier molecular flexibility index (Phi) is 7.80. The Morgan fingerprint density at radius 2 is 1.64 bits per heavy atom. The maximum atomic E-state index is 13.2. The van der Waals surface area contributed by atoms with Crippen molar-refractivity contribution < 1.29 is 9.59 Å². The molecule has 4 heteroatoms. The van der Waals surface area contributed by atoms with Crippen LogP contribution in [-0.4, -0.2) is 28.8 Å². The van der Waals surface area contributed by atoms with Crippen LogP contribution in [-0.2, 0) is 22.6 Å². The topological polar surface area (TPSA) is 49.4 Å². The molecule has 2 rings (SSSR count). The van der Waals surface area contributed by atoms with E-state index < -0.39 is 6.04 Å². The van der Waals surface area contributed by atoms with Crippen molar-refractivity contribution >= 4 is 11.8 Å². The Morgan fingerprint density at radius 3 is 2.25 bits per heavy atom. The Morgan fingerprint density at radius 1 is 1.00 bits per heavy atom. The molecule has 0 saturated heterocycles. The fourth-order valence-electron chi connectivity index (χ4n) is 3.01. The van der Waals surface area contributed by atoms with E-state index in [0.717, 1.165) is 23.1 Å². The van der Waals surface area contributed by atoms with Gasteiger partial charge in [0.1, 0.15) is 6.04 Å². The van der Waals surface area contributed by atoms with E-state index in [9.17, 15) is 9.59 Å². The van der Waals surface area contributed by atoms with Crippen LogP contribution in [0.4, 0.5) is 0 Å². The summed E-state index contributed by atoms with van der Waals surface area (Å²) in [6.45, 7) is 10.3. The second kappa shape index (κ2) is 10.1. The molecule has 2 amide bonds. The number of hydrogen-bond acceptors (Lipinski definition) is 2. The SMILES string of the molecule is CC[C@H](C)NC(=O)[C@H](C)N(Cc1ccc(C)cc1)C(=O)Cc1ccccc1C. The van der Waals surface area contributed by atoms with Crippen molar-refractivity contribution in [3.63, 3.8) is 0 Å². The molecule has 0 fully saturated rings. The summed E-state index contributed by atoms with van der Waals surface area (Å²) in [5.41, 5.74) is 4.27. The molecule has 0 aliphatic carbocycles. The highest BCUT2D eigenvalue weighted by Gasteiger charge is 2.27. The van der Waals surface area contributed by atoms with E-state index in [1.165, 1.54) is 5.56 Å². The van der Waals surface area contributed by atoms with Crippen molar-refractivity contribution in [2.24, 2.45) is 0 Å². The van der Waals surface area contributed by atoms with Gasteiger partial charge < -0.3 is 10.2 Å². The number of hydrogen-bond donors (Lipinski definition) is 1. The van der Waals surface area contributed by atoms with E-state index >= 15 is 0 Å². The van der Waals surface area contributed by atoms with Gasteiger partial charge in [-0.3, -0.25) is 9.59 Å². The smallest absolute Gasteiger partial charge is 0.242 e. The Labute approximate surface area is 169 Å². The minimum absolute atomic E-state index is 0.0401. The third-order valence-corrected chi connectivity index (χ3v) is 5.24. The van der Waals surface area contributed by atoms with E-state index in [2.05, 4.69) is 5.32 Å². The van der Waals surface area contributed by atoms with Crippen molar-refractivity contribution in [2.45, 2.75) is 66.1 Å². The Bertz CT molecular complexity index is 799. The number of aryl methyl sites for hydroxylation is 2. The molecule has 150 valence electrons. The normalized spacial score (nSPS) is 12.9. The standard InChI is InChI=1S/C24H32N2O2/c1-6-19(4)25-24(28)20(5)26(16-21-13-11-17(2)12-14-21)23(27)15-22-10-8-7-9-18(22)3/h7-14,19-20H,6,15-16H2,1-5H3,(H,25,28)/t19-,20-/m0/s1. The zero-order chi connectivity index (χ0) is 20.7. The lowest BCUT2D eigenvalue weighted by Gasteiger charge is -2.30. The van der Waals surface area contributed by atoms with Gasteiger partial charge in [-0.15, -0.1) is 0 Å². The molecule has 2 aromatic rings. The van der Waals surface area contributed by atoms with Crippen LogP contribution in [0.1, 0.15) is 49.4 Å². The lowest BCUT2D eigenvalue weighted by molar-refractivity contribution is -0.140. The van der Waals surface area contributed by atoms with Gasteiger partial charge >= 0.3 is 0 Å². The quantitative estimate of drug-likeness (QED) is 0.747. The van der Waals surface area contributed by atoms with Gasteiger partial charge in [0.2, 0.25) is 11.8 Å². The maximum Gasteiger partial charge on any atom is 0.242 e. The van der Waals surface area contributed by atoms with E-state index in [1.54, 1.807) is 4.90 Å².